The van der Waals surface area contributed by atoms with Gasteiger partial charge >= 0.3 is 8.72 Å². The van der Waals surface area contributed by atoms with Crippen LogP contribution in [0, 0.1) is 0 Å². The van der Waals surface area contributed by atoms with Crippen molar-refractivity contribution in [3.8, 4) is 0 Å². The van der Waals surface area contributed by atoms with E-state index in [4.69, 9.17) is 8.85 Å². The molecule has 78 valence electrons. The number of rotatable bonds is 2. The van der Waals surface area contributed by atoms with E-state index in [9.17, 15) is 0 Å². The fourth-order valence-electron chi connectivity index (χ4n) is 2.53. The molecule has 0 atom stereocenters. The first-order chi connectivity index (χ1) is 6.00. The van der Waals surface area contributed by atoms with E-state index >= 15 is 0 Å². The minimum absolute atomic E-state index is 0.184. The molecule has 0 aliphatic carbocycles. The van der Waals surface area contributed by atoms with Crippen LogP contribution in [0.15, 0.2) is 0 Å². The normalized spacial score (nSPS) is 27.5. The lowest BCUT2D eigenvalue weighted by Crippen LogP contribution is -2.64. The van der Waals surface area contributed by atoms with Gasteiger partial charge in [0.15, 0.2) is 0 Å². The van der Waals surface area contributed by atoms with Gasteiger partial charge in [0.2, 0.25) is 0 Å². The molecule has 0 aromatic carbocycles. The van der Waals surface area contributed by atoms with Crippen molar-refractivity contribution in [1.29, 1.82) is 0 Å². The third-order valence-electron chi connectivity index (χ3n) is 3.21. The highest BCUT2D eigenvalue weighted by Crippen LogP contribution is 2.46. The Kier molecular flexibility index (Phi) is 3.17. The van der Waals surface area contributed by atoms with Gasteiger partial charge in [0, 0.05) is 19.3 Å². The topological polar surface area (TPSA) is 21.7 Å². The lowest BCUT2D eigenvalue weighted by molar-refractivity contribution is 0.123. The molecule has 1 heterocycles. The molecule has 0 spiro atoms. The second kappa shape index (κ2) is 3.69. The van der Waals surface area contributed by atoms with Crippen LogP contribution in [0.3, 0.4) is 0 Å². The highest BCUT2D eigenvalue weighted by molar-refractivity contribution is 6.67. The van der Waals surface area contributed by atoms with Crippen molar-refractivity contribution in [3.63, 3.8) is 0 Å². The standard InChI is InChI=1S/C9H21NO2Si/c1-9(2)7-6-8-10(3)13(9,11-4)12-5/h6-8H2,1-5H3. The fourth-order valence-corrected chi connectivity index (χ4v) is 6.40. The monoisotopic (exact) mass is 203 g/mol. The summed E-state index contributed by atoms with van der Waals surface area (Å²) in [6.07, 6.45) is 2.44. The highest BCUT2D eigenvalue weighted by Gasteiger charge is 2.56. The molecule has 0 amide bonds. The predicted molar refractivity (Wildman–Crippen MR) is 55.7 cm³/mol. The van der Waals surface area contributed by atoms with Crippen LogP contribution in [0.25, 0.3) is 0 Å². The Balaban J connectivity index is 2.96. The average Bonchev–Trinajstić information content (AvgIpc) is 2.05. The molecule has 1 aliphatic heterocycles. The summed E-state index contributed by atoms with van der Waals surface area (Å²) in [5.74, 6) is 0. The minimum Gasteiger partial charge on any atom is -0.386 e. The van der Waals surface area contributed by atoms with Gasteiger partial charge in [-0.05, 0) is 26.4 Å². The van der Waals surface area contributed by atoms with E-state index in [0.717, 1.165) is 6.54 Å². The SMILES string of the molecule is CO[Si]1(OC)N(C)CCCC1(C)C. The molecule has 0 radical (unpaired) electrons. The minimum atomic E-state index is -2.13. The molecule has 1 rings (SSSR count). The van der Waals surface area contributed by atoms with Gasteiger partial charge in [-0.1, -0.05) is 13.8 Å². The van der Waals surface area contributed by atoms with Crippen LogP contribution < -0.4 is 0 Å². The number of hydrogen-bond donors (Lipinski definition) is 0. The molecule has 0 unspecified atom stereocenters. The summed E-state index contributed by atoms with van der Waals surface area (Å²) < 4.78 is 13.7. The van der Waals surface area contributed by atoms with Gasteiger partial charge in [0.1, 0.15) is 0 Å². The van der Waals surface area contributed by atoms with Crippen LogP contribution in [0.4, 0.5) is 0 Å². The largest absolute Gasteiger partial charge is 0.432 e. The maximum absolute atomic E-state index is 5.70. The Morgan fingerprint density at radius 3 is 2.08 bits per heavy atom. The van der Waals surface area contributed by atoms with E-state index in [-0.39, 0.29) is 5.04 Å². The lowest BCUT2D eigenvalue weighted by Gasteiger charge is -2.49. The first-order valence-electron chi connectivity index (χ1n) is 4.82. The summed E-state index contributed by atoms with van der Waals surface area (Å²) in [6.45, 7) is 5.60. The molecular formula is C9H21NO2Si. The van der Waals surface area contributed by atoms with Crippen molar-refractivity contribution in [2.45, 2.75) is 31.7 Å². The lowest BCUT2D eigenvalue weighted by atomic mass is 10.1. The summed E-state index contributed by atoms with van der Waals surface area (Å²) in [6, 6.07) is 0. The van der Waals surface area contributed by atoms with Crippen molar-refractivity contribution in [1.82, 2.24) is 4.57 Å². The third-order valence-corrected chi connectivity index (χ3v) is 7.50. The van der Waals surface area contributed by atoms with Crippen LogP contribution in [-0.2, 0) is 8.85 Å². The number of hydrogen-bond acceptors (Lipinski definition) is 3. The van der Waals surface area contributed by atoms with Crippen LogP contribution in [0.5, 0.6) is 0 Å². The van der Waals surface area contributed by atoms with Gasteiger partial charge in [0.05, 0.1) is 0 Å². The molecule has 13 heavy (non-hydrogen) atoms. The van der Waals surface area contributed by atoms with Gasteiger partial charge in [0.25, 0.3) is 0 Å². The average molecular weight is 203 g/mol. The van der Waals surface area contributed by atoms with E-state index in [1.54, 1.807) is 14.2 Å². The summed E-state index contributed by atoms with van der Waals surface area (Å²) in [7, 11) is 3.54. The molecule has 3 nitrogen and oxygen atoms in total. The zero-order valence-electron chi connectivity index (χ0n) is 9.39. The van der Waals surface area contributed by atoms with E-state index in [1.165, 1.54) is 12.8 Å². The molecule has 0 bridgehead atoms. The zero-order chi connectivity index (χ0) is 10.1. The van der Waals surface area contributed by atoms with Crippen molar-refractivity contribution < 1.29 is 8.85 Å². The molecule has 0 aromatic heterocycles. The van der Waals surface area contributed by atoms with Gasteiger partial charge in [-0.3, -0.25) is 4.57 Å². The van der Waals surface area contributed by atoms with Crippen LogP contribution in [0.2, 0.25) is 5.04 Å². The Bertz CT molecular complexity index is 180. The molecular weight excluding hydrogens is 182 g/mol. The van der Waals surface area contributed by atoms with E-state index in [0.29, 0.717) is 0 Å². The van der Waals surface area contributed by atoms with E-state index in [2.05, 4.69) is 25.5 Å². The molecule has 1 fully saturated rings. The predicted octanol–water partition coefficient (Wildman–Crippen LogP) is 1.72. The molecule has 0 N–H and O–H groups in total. The Hall–Kier alpha value is 0.0969. The van der Waals surface area contributed by atoms with Crippen molar-refractivity contribution in [2.24, 2.45) is 0 Å². The molecule has 0 aromatic rings. The zero-order valence-corrected chi connectivity index (χ0v) is 10.4. The second-order valence-electron chi connectivity index (χ2n) is 4.40. The van der Waals surface area contributed by atoms with E-state index < -0.39 is 8.72 Å². The maximum atomic E-state index is 5.70. The van der Waals surface area contributed by atoms with Crippen molar-refractivity contribution in [2.75, 3.05) is 27.8 Å². The second-order valence-corrected chi connectivity index (χ2v) is 8.50. The van der Waals surface area contributed by atoms with Crippen LogP contribution >= 0.6 is 0 Å². The number of nitrogens with zero attached hydrogens (tertiary/aromatic N) is 1. The fraction of sp³-hybridized carbons (Fsp3) is 1.00. The third kappa shape index (κ3) is 1.56. The highest BCUT2D eigenvalue weighted by atomic mass is 28.4. The first-order valence-corrected chi connectivity index (χ1v) is 6.58. The van der Waals surface area contributed by atoms with Gasteiger partial charge in [-0.15, -0.1) is 0 Å². The van der Waals surface area contributed by atoms with E-state index in [1.807, 2.05) is 0 Å². The summed E-state index contributed by atoms with van der Waals surface area (Å²) >= 11 is 0. The van der Waals surface area contributed by atoms with Gasteiger partial charge in [-0.25, -0.2) is 0 Å². The summed E-state index contributed by atoms with van der Waals surface area (Å²) in [5, 5.41) is 0.184. The molecule has 1 saturated heterocycles. The van der Waals surface area contributed by atoms with Gasteiger partial charge < -0.3 is 8.85 Å². The Morgan fingerprint density at radius 2 is 1.77 bits per heavy atom. The molecule has 4 heteroatoms. The van der Waals surface area contributed by atoms with Crippen molar-refractivity contribution in [3.05, 3.63) is 0 Å². The maximum Gasteiger partial charge on any atom is 0.432 e. The van der Waals surface area contributed by atoms with Gasteiger partial charge in [-0.2, -0.15) is 0 Å². The smallest absolute Gasteiger partial charge is 0.386 e. The molecule has 1 aliphatic rings. The Morgan fingerprint density at radius 1 is 1.23 bits per heavy atom. The summed E-state index contributed by atoms with van der Waals surface area (Å²) in [4.78, 5) is 0. The van der Waals surface area contributed by atoms with Crippen LogP contribution in [-0.4, -0.2) is 41.1 Å². The molecule has 0 saturated carbocycles. The first kappa shape index (κ1) is 11.2. The van der Waals surface area contributed by atoms with Crippen LogP contribution in [0.1, 0.15) is 26.7 Å². The summed E-state index contributed by atoms with van der Waals surface area (Å²) in [5.41, 5.74) is 0. The van der Waals surface area contributed by atoms with Crippen molar-refractivity contribution >= 4 is 8.72 Å². The quantitative estimate of drug-likeness (QED) is 0.638. The Labute approximate surface area is 82.3 Å².